The summed E-state index contributed by atoms with van der Waals surface area (Å²) in [5, 5.41) is 4.24. The summed E-state index contributed by atoms with van der Waals surface area (Å²) in [7, 11) is 0. The average Bonchev–Trinajstić information content (AvgIpc) is 2.26. The fourth-order valence-electron chi connectivity index (χ4n) is 2.07. The molecule has 0 aliphatic carbocycles. The number of thiocarbonyl (C=S) groups is 1. The second kappa shape index (κ2) is 4.65. The smallest absolute Gasteiger partial charge is 0.169 e. The molecule has 1 aliphatic rings. The molecule has 1 aromatic rings. The molecule has 2 rings (SSSR count). The molecule has 0 fully saturated rings. The van der Waals surface area contributed by atoms with Crippen LogP contribution in [0.3, 0.4) is 0 Å². The molecule has 0 radical (unpaired) electrons. The summed E-state index contributed by atoms with van der Waals surface area (Å²) in [4.78, 5) is 2.25. The summed E-state index contributed by atoms with van der Waals surface area (Å²) in [6, 6.07) is 8.62. The quantitative estimate of drug-likeness (QED) is 0.711. The van der Waals surface area contributed by atoms with Crippen LogP contribution in [-0.4, -0.2) is 22.1 Å². The van der Waals surface area contributed by atoms with E-state index in [2.05, 4.69) is 55.3 Å². The first-order valence-electron chi connectivity index (χ1n) is 6.09. The molecule has 3 heteroatoms. The fraction of sp³-hybridized carbons (Fsp3) is 0.500. The zero-order valence-electron chi connectivity index (χ0n) is 10.8. The van der Waals surface area contributed by atoms with Crippen molar-refractivity contribution in [2.75, 3.05) is 6.54 Å². The Morgan fingerprint density at radius 1 is 1.24 bits per heavy atom. The number of benzene rings is 1. The van der Waals surface area contributed by atoms with Gasteiger partial charge in [-0.25, -0.2) is 0 Å². The second-order valence-electron chi connectivity index (χ2n) is 5.62. The molecule has 92 valence electrons. The van der Waals surface area contributed by atoms with Gasteiger partial charge < -0.3 is 10.2 Å². The molecule has 1 N–H and O–H groups in total. The van der Waals surface area contributed by atoms with Gasteiger partial charge in [-0.15, -0.1) is 0 Å². The van der Waals surface area contributed by atoms with Gasteiger partial charge in [-0.05, 0) is 50.5 Å². The molecule has 0 saturated heterocycles. The highest BCUT2D eigenvalue weighted by Gasteiger charge is 2.20. The number of hydrogen-bond donors (Lipinski definition) is 1. The van der Waals surface area contributed by atoms with E-state index in [0.717, 1.165) is 24.6 Å². The van der Waals surface area contributed by atoms with Crippen molar-refractivity contribution in [2.24, 2.45) is 0 Å². The van der Waals surface area contributed by atoms with Gasteiger partial charge in [0, 0.05) is 18.6 Å². The highest BCUT2D eigenvalue weighted by atomic mass is 32.1. The maximum atomic E-state index is 5.47. The Labute approximate surface area is 109 Å². The van der Waals surface area contributed by atoms with E-state index in [1.807, 2.05) is 0 Å². The largest absolute Gasteiger partial charge is 0.358 e. The predicted octanol–water partition coefficient (Wildman–Crippen LogP) is 2.72. The summed E-state index contributed by atoms with van der Waals surface area (Å²) in [6.45, 7) is 8.35. The third-order valence-electron chi connectivity index (χ3n) is 2.90. The molecule has 1 heterocycles. The number of nitrogens with one attached hydrogen (secondary N) is 1. The standard InChI is InChI=1S/C14H20N2S/c1-14(2,3)15-13(17)16-9-8-11-6-4-5-7-12(11)10-16/h4-7H,8-10H2,1-3H3,(H,15,17). The number of hydrogen-bond acceptors (Lipinski definition) is 1. The Hall–Kier alpha value is -1.09. The van der Waals surface area contributed by atoms with Crippen LogP contribution in [0.2, 0.25) is 0 Å². The first-order chi connectivity index (χ1) is 7.96. The molecule has 17 heavy (non-hydrogen) atoms. The van der Waals surface area contributed by atoms with Gasteiger partial charge in [0.15, 0.2) is 5.11 Å². The van der Waals surface area contributed by atoms with Crippen LogP contribution in [0, 0.1) is 0 Å². The minimum Gasteiger partial charge on any atom is -0.358 e. The molecule has 1 aliphatic heterocycles. The molecule has 0 atom stereocenters. The lowest BCUT2D eigenvalue weighted by atomic mass is 10.0. The molecule has 1 aromatic carbocycles. The molecule has 0 amide bonds. The van der Waals surface area contributed by atoms with Crippen LogP contribution in [0.1, 0.15) is 31.9 Å². The third kappa shape index (κ3) is 3.19. The van der Waals surface area contributed by atoms with E-state index in [4.69, 9.17) is 12.2 Å². The molecular weight excluding hydrogens is 228 g/mol. The van der Waals surface area contributed by atoms with E-state index in [0.29, 0.717) is 0 Å². The zero-order chi connectivity index (χ0) is 12.5. The number of rotatable bonds is 0. The molecule has 0 spiro atoms. The van der Waals surface area contributed by atoms with Crippen molar-refractivity contribution in [3.8, 4) is 0 Å². The van der Waals surface area contributed by atoms with E-state index in [9.17, 15) is 0 Å². The van der Waals surface area contributed by atoms with Crippen LogP contribution in [0.15, 0.2) is 24.3 Å². The first kappa shape index (κ1) is 12.4. The van der Waals surface area contributed by atoms with Crippen LogP contribution in [0.25, 0.3) is 0 Å². The molecule has 0 bridgehead atoms. The minimum absolute atomic E-state index is 0.0358. The molecule has 0 aromatic heterocycles. The van der Waals surface area contributed by atoms with Crippen molar-refractivity contribution in [3.63, 3.8) is 0 Å². The van der Waals surface area contributed by atoms with Gasteiger partial charge in [0.05, 0.1) is 0 Å². The van der Waals surface area contributed by atoms with Gasteiger partial charge in [-0.3, -0.25) is 0 Å². The van der Waals surface area contributed by atoms with Crippen LogP contribution >= 0.6 is 12.2 Å². The lowest BCUT2D eigenvalue weighted by Crippen LogP contribution is -2.49. The average molecular weight is 248 g/mol. The van der Waals surface area contributed by atoms with Gasteiger partial charge in [-0.2, -0.15) is 0 Å². The van der Waals surface area contributed by atoms with Gasteiger partial charge in [0.25, 0.3) is 0 Å². The lowest BCUT2D eigenvalue weighted by molar-refractivity contribution is 0.368. The maximum absolute atomic E-state index is 5.47. The SMILES string of the molecule is CC(C)(C)NC(=S)N1CCc2ccccc2C1. The number of nitrogens with zero attached hydrogens (tertiary/aromatic N) is 1. The Bertz CT molecular complexity index is 420. The highest BCUT2D eigenvalue weighted by Crippen LogP contribution is 2.18. The normalized spacial score (nSPS) is 15.4. The summed E-state index contributed by atoms with van der Waals surface area (Å²) < 4.78 is 0. The van der Waals surface area contributed by atoms with Crippen molar-refractivity contribution >= 4 is 17.3 Å². The summed E-state index contributed by atoms with van der Waals surface area (Å²) in [6.07, 6.45) is 1.09. The maximum Gasteiger partial charge on any atom is 0.169 e. The van der Waals surface area contributed by atoms with Crippen molar-refractivity contribution < 1.29 is 0 Å². The van der Waals surface area contributed by atoms with E-state index in [-0.39, 0.29) is 5.54 Å². The number of fused-ring (bicyclic) bond motifs is 1. The third-order valence-corrected chi connectivity index (χ3v) is 3.26. The van der Waals surface area contributed by atoms with Crippen LogP contribution < -0.4 is 5.32 Å². The Morgan fingerprint density at radius 3 is 2.53 bits per heavy atom. The van der Waals surface area contributed by atoms with Gasteiger partial charge in [-0.1, -0.05) is 24.3 Å². The van der Waals surface area contributed by atoms with Gasteiger partial charge in [0.1, 0.15) is 0 Å². The van der Waals surface area contributed by atoms with E-state index in [1.54, 1.807) is 0 Å². The van der Waals surface area contributed by atoms with E-state index in [1.165, 1.54) is 11.1 Å². The van der Waals surface area contributed by atoms with Crippen molar-refractivity contribution in [3.05, 3.63) is 35.4 Å². The molecular formula is C14H20N2S. The van der Waals surface area contributed by atoms with Gasteiger partial charge in [0.2, 0.25) is 0 Å². The highest BCUT2D eigenvalue weighted by molar-refractivity contribution is 7.80. The zero-order valence-corrected chi connectivity index (χ0v) is 11.6. The van der Waals surface area contributed by atoms with Crippen molar-refractivity contribution in [1.29, 1.82) is 0 Å². The second-order valence-corrected chi connectivity index (χ2v) is 6.01. The van der Waals surface area contributed by atoms with E-state index >= 15 is 0 Å². The predicted molar refractivity (Wildman–Crippen MR) is 76.0 cm³/mol. The topological polar surface area (TPSA) is 15.3 Å². The van der Waals surface area contributed by atoms with Gasteiger partial charge >= 0.3 is 0 Å². The van der Waals surface area contributed by atoms with Crippen LogP contribution in [0.5, 0.6) is 0 Å². The fourth-order valence-corrected chi connectivity index (χ4v) is 2.53. The molecule has 2 nitrogen and oxygen atoms in total. The summed E-state index contributed by atoms with van der Waals surface area (Å²) in [5.41, 5.74) is 2.90. The van der Waals surface area contributed by atoms with E-state index < -0.39 is 0 Å². The Morgan fingerprint density at radius 2 is 1.88 bits per heavy atom. The summed E-state index contributed by atoms with van der Waals surface area (Å²) >= 11 is 5.47. The van der Waals surface area contributed by atoms with Crippen molar-refractivity contribution in [1.82, 2.24) is 10.2 Å². The molecule has 0 unspecified atom stereocenters. The first-order valence-corrected chi connectivity index (χ1v) is 6.50. The monoisotopic (exact) mass is 248 g/mol. The Balaban J connectivity index is 2.05. The van der Waals surface area contributed by atoms with Crippen LogP contribution in [-0.2, 0) is 13.0 Å². The summed E-state index contributed by atoms with van der Waals surface area (Å²) in [5.74, 6) is 0. The lowest BCUT2D eigenvalue weighted by Gasteiger charge is -2.34. The molecule has 0 saturated carbocycles. The van der Waals surface area contributed by atoms with Crippen LogP contribution in [0.4, 0.5) is 0 Å². The Kier molecular flexibility index (Phi) is 3.38. The van der Waals surface area contributed by atoms with Crippen molar-refractivity contribution in [2.45, 2.75) is 39.3 Å². The minimum atomic E-state index is 0.0358.